The number of cyclic esters (lactones) is 1. The standard InChI is InChI=1S/C9H10O4/c1-3-5-6-4(2)8(10)13-7(6)9(11)12-5/h5-7H,2-3H2,1H3/t5-,6-,7-/m0/s1. The molecule has 0 aliphatic carbocycles. The van der Waals surface area contributed by atoms with E-state index in [2.05, 4.69) is 6.58 Å². The highest BCUT2D eigenvalue weighted by atomic mass is 16.6. The average molecular weight is 182 g/mol. The van der Waals surface area contributed by atoms with E-state index in [-0.39, 0.29) is 12.0 Å². The molecular formula is C9H10O4. The van der Waals surface area contributed by atoms with Crippen molar-refractivity contribution in [3.05, 3.63) is 12.2 Å². The molecule has 2 saturated heterocycles. The van der Waals surface area contributed by atoms with Crippen molar-refractivity contribution < 1.29 is 19.1 Å². The molecule has 4 nitrogen and oxygen atoms in total. The van der Waals surface area contributed by atoms with Gasteiger partial charge < -0.3 is 9.47 Å². The molecular weight excluding hydrogens is 172 g/mol. The van der Waals surface area contributed by atoms with Crippen LogP contribution in [0.2, 0.25) is 0 Å². The summed E-state index contributed by atoms with van der Waals surface area (Å²) in [7, 11) is 0. The van der Waals surface area contributed by atoms with E-state index in [4.69, 9.17) is 9.47 Å². The van der Waals surface area contributed by atoms with Crippen LogP contribution in [0.1, 0.15) is 13.3 Å². The van der Waals surface area contributed by atoms with Crippen LogP contribution in [-0.4, -0.2) is 24.1 Å². The average Bonchev–Trinajstić information content (AvgIpc) is 2.55. The van der Waals surface area contributed by atoms with Gasteiger partial charge in [-0.25, -0.2) is 9.59 Å². The maximum atomic E-state index is 11.2. The van der Waals surface area contributed by atoms with Gasteiger partial charge in [-0.1, -0.05) is 13.5 Å². The molecule has 0 amide bonds. The molecule has 2 aliphatic heterocycles. The second kappa shape index (κ2) is 2.58. The van der Waals surface area contributed by atoms with Gasteiger partial charge in [0.15, 0.2) is 0 Å². The molecule has 2 fully saturated rings. The number of carbonyl (C=O) groups is 2. The second-order valence-electron chi connectivity index (χ2n) is 3.26. The highest BCUT2D eigenvalue weighted by molar-refractivity contribution is 5.97. The predicted molar refractivity (Wildman–Crippen MR) is 42.7 cm³/mol. The van der Waals surface area contributed by atoms with Gasteiger partial charge in [0.2, 0.25) is 6.10 Å². The van der Waals surface area contributed by atoms with Crippen LogP contribution < -0.4 is 0 Å². The van der Waals surface area contributed by atoms with Crippen molar-refractivity contribution in [2.45, 2.75) is 25.6 Å². The fourth-order valence-corrected chi connectivity index (χ4v) is 1.82. The van der Waals surface area contributed by atoms with Gasteiger partial charge in [0, 0.05) is 5.57 Å². The van der Waals surface area contributed by atoms with E-state index < -0.39 is 18.0 Å². The molecule has 0 unspecified atom stereocenters. The highest BCUT2D eigenvalue weighted by Gasteiger charge is 2.54. The number of hydrogen-bond acceptors (Lipinski definition) is 4. The van der Waals surface area contributed by atoms with E-state index in [1.807, 2.05) is 6.92 Å². The lowest BCUT2D eigenvalue weighted by Gasteiger charge is -2.11. The lowest BCUT2D eigenvalue weighted by molar-refractivity contribution is -0.156. The molecule has 13 heavy (non-hydrogen) atoms. The summed E-state index contributed by atoms with van der Waals surface area (Å²) in [6.45, 7) is 5.50. The van der Waals surface area contributed by atoms with Crippen molar-refractivity contribution in [2.75, 3.05) is 0 Å². The Hall–Kier alpha value is -1.32. The Labute approximate surface area is 75.5 Å². The third-order valence-electron chi connectivity index (χ3n) is 2.53. The number of fused-ring (bicyclic) bond motifs is 1. The Kier molecular flexibility index (Phi) is 1.65. The number of rotatable bonds is 1. The Morgan fingerprint density at radius 2 is 2.08 bits per heavy atom. The van der Waals surface area contributed by atoms with Gasteiger partial charge in [-0.05, 0) is 6.42 Å². The summed E-state index contributed by atoms with van der Waals surface area (Å²) in [5.41, 5.74) is 0.364. The summed E-state index contributed by atoms with van der Waals surface area (Å²) in [6, 6.07) is 0. The molecule has 0 aromatic rings. The third kappa shape index (κ3) is 0.978. The van der Waals surface area contributed by atoms with Crippen LogP contribution >= 0.6 is 0 Å². The van der Waals surface area contributed by atoms with Crippen LogP contribution in [0.5, 0.6) is 0 Å². The van der Waals surface area contributed by atoms with E-state index in [9.17, 15) is 9.59 Å². The molecule has 70 valence electrons. The van der Waals surface area contributed by atoms with Crippen LogP contribution in [0.3, 0.4) is 0 Å². The molecule has 3 atom stereocenters. The van der Waals surface area contributed by atoms with Crippen LogP contribution in [0.15, 0.2) is 12.2 Å². The predicted octanol–water partition coefficient (Wildman–Crippen LogP) is 0.420. The minimum absolute atomic E-state index is 0.239. The van der Waals surface area contributed by atoms with Crippen molar-refractivity contribution in [1.82, 2.24) is 0 Å². The zero-order valence-corrected chi connectivity index (χ0v) is 7.28. The maximum absolute atomic E-state index is 11.2. The summed E-state index contributed by atoms with van der Waals surface area (Å²) >= 11 is 0. The van der Waals surface area contributed by atoms with E-state index >= 15 is 0 Å². The van der Waals surface area contributed by atoms with Gasteiger partial charge >= 0.3 is 11.9 Å². The lowest BCUT2D eigenvalue weighted by Crippen LogP contribution is -2.21. The molecule has 2 heterocycles. The molecule has 0 bridgehead atoms. The van der Waals surface area contributed by atoms with Crippen LogP contribution in [-0.2, 0) is 19.1 Å². The van der Waals surface area contributed by atoms with E-state index in [0.29, 0.717) is 12.0 Å². The van der Waals surface area contributed by atoms with E-state index in [0.717, 1.165) is 0 Å². The maximum Gasteiger partial charge on any atom is 0.348 e. The minimum atomic E-state index is -0.732. The minimum Gasteiger partial charge on any atom is -0.459 e. The van der Waals surface area contributed by atoms with Gasteiger partial charge in [-0.2, -0.15) is 0 Å². The lowest BCUT2D eigenvalue weighted by atomic mass is 9.92. The summed E-state index contributed by atoms with van der Waals surface area (Å²) in [5, 5.41) is 0. The number of carbonyl (C=O) groups excluding carboxylic acids is 2. The SMILES string of the molecule is C=C1C(=O)O[C@@H]2C(=O)O[C@@H](CC)[C@H]12. The zero-order chi connectivity index (χ0) is 9.59. The van der Waals surface area contributed by atoms with Crippen molar-refractivity contribution in [1.29, 1.82) is 0 Å². The smallest absolute Gasteiger partial charge is 0.348 e. The van der Waals surface area contributed by atoms with Gasteiger partial charge in [0.1, 0.15) is 6.10 Å². The number of hydrogen-bond donors (Lipinski definition) is 0. The first-order valence-electron chi connectivity index (χ1n) is 4.25. The second-order valence-corrected chi connectivity index (χ2v) is 3.26. The molecule has 0 radical (unpaired) electrons. The first kappa shape index (κ1) is 8.29. The topological polar surface area (TPSA) is 52.6 Å². The molecule has 0 aromatic heterocycles. The Morgan fingerprint density at radius 3 is 2.69 bits per heavy atom. The van der Waals surface area contributed by atoms with Gasteiger partial charge in [-0.15, -0.1) is 0 Å². The third-order valence-corrected chi connectivity index (χ3v) is 2.53. The van der Waals surface area contributed by atoms with E-state index in [1.165, 1.54) is 0 Å². The summed E-state index contributed by atoms with van der Waals surface area (Å²) in [6.07, 6.45) is -0.288. The quantitative estimate of drug-likeness (QED) is 0.435. The van der Waals surface area contributed by atoms with Gasteiger partial charge in [0.25, 0.3) is 0 Å². The fraction of sp³-hybridized carbons (Fsp3) is 0.556. The zero-order valence-electron chi connectivity index (χ0n) is 7.28. The first-order valence-corrected chi connectivity index (χ1v) is 4.25. The van der Waals surface area contributed by atoms with Gasteiger partial charge in [-0.3, -0.25) is 0 Å². The monoisotopic (exact) mass is 182 g/mol. The molecule has 0 spiro atoms. The summed E-state index contributed by atoms with van der Waals surface area (Å²) in [4.78, 5) is 22.2. The fourth-order valence-electron chi connectivity index (χ4n) is 1.82. The molecule has 0 aromatic carbocycles. The van der Waals surface area contributed by atoms with Crippen molar-refractivity contribution in [2.24, 2.45) is 5.92 Å². The summed E-state index contributed by atoms with van der Waals surface area (Å²) < 4.78 is 9.85. The molecule has 0 saturated carbocycles. The van der Waals surface area contributed by atoms with Crippen molar-refractivity contribution >= 4 is 11.9 Å². The number of ether oxygens (including phenoxy) is 2. The molecule has 2 aliphatic rings. The van der Waals surface area contributed by atoms with Crippen LogP contribution in [0, 0.1) is 5.92 Å². The Morgan fingerprint density at radius 1 is 1.38 bits per heavy atom. The van der Waals surface area contributed by atoms with Crippen molar-refractivity contribution in [3.8, 4) is 0 Å². The highest BCUT2D eigenvalue weighted by Crippen LogP contribution is 2.38. The molecule has 2 rings (SSSR count). The van der Waals surface area contributed by atoms with E-state index in [1.54, 1.807) is 0 Å². The first-order chi connectivity index (χ1) is 6.15. The number of esters is 2. The summed E-state index contributed by atoms with van der Waals surface area (Å²) in [5.74, 6) is -1.17. The largest absolute Gasteiger partial charge is 0.459 e. The van der Waals surface area contributed by atoms with Gasteiger partial charge in [0.05, 0.1) is 5.92 Å². The molecule has 0 N–H and O–H groups in total. The van der Waals surface area contributed by atoms with Crippen molar-refractivity contribution in [3.63, 3.8) is 0 Å². The molecule has 4 heteroatoms. The Balaban J connectivity index is 2.31. The van der Waals surface area contributed by atoms with Crippen LogP contribution in [0.25, 0.3) is 0 Å². The van der Waals surface area contributed by atoms with Crippen LogP contribution in [0.4, 0.5) is 0 Å². The normalized spacial score (nSPS) is 37.3. The Bertz CT molecular complexity index is 294.